The van der Waals surface area contributed by atoms with Gasteiger partial charge in [-0.25, -0.2) is 4.98 Å². The van der Waals surface area contributed by atoms with Crippen molar-refractivity contribution in [3.63, 3.8) is 0 Å². The first-order valence-corrected chi connectivity index (χ1v) is 10.9. The molecule has 148 valence electrons. The summed E-state index contributed by atoms with van der Waals surface area (Å²) >= 11 is 5.94. The minimum atomic E-state index is 0.226. The van der Waals surface area contributed by atoms with Crippen LogP contribution in [0.25, 0.3) is 11.3 Å². The molecule has 0 N–H and O–H groups in total. The molecule has 2 aromatic rings. The van der Waals surface area contributed by atoms with Gasteiger partial charge in [-0.3, -0.25) is 4.79 Å². The summed E-state index contributed by atoms with van der Waals surface area (Å²) in [6.45, 7) is 0. The maximum absolute atomic E-state index is 12.9. The van der Waals surface area contributed by atoms with Crippen molar-refractivity contribution in [3.05, 3.63) is 41.4 Å². The number of aromatic nitrogens is 1. The number of halogens is 1. The molecule has 5 heteroatoms. The van der Waals surface area contributed by atoms with Gasteiger partial charge < -0.3 is 9.32 Å². The van der Waals surface area contributed by atoms with Gasteiger partial charge in [-0.15, -0.1) is 0 Å². The molecule has 0 atom stereocenters. The number of rotatable bonds is 5. The van der Waals surface area contributed by atoms with Crippen molar-refractivity contribution in [3.8, 4) is 11.3 Å². The van der Waals surface area contributed by atoms with E-state index < -0.39 is 0 Å². The monoisotopic (exact) mass is 398 g/mol. The van der Waals surface area contributed by atoms with Gasteiger partial charge in [-0.2, -0.15) is 0 Å². The van der Waals surface area contributed by atoms with E-state index >= 15 is 0 Å². The van der Waals surface area contributed by atoms with Crippen LogP contribution in [-0.4, -0.2) is 28.9 Å². The van der Waals surface area contributed by atoms with Gasteiger partial charge in [-0.05, 0) is 80.0 Å². The molecule has 1 aromatic carbocycles. The van der Waals surface area contributed by atoms with Crippen LogP contribution in [-0.2, 0) is 11.2 Å². The molecular formula is C23H27ClN2O2. The van der Waals surface area contributed by atoms with E-state index in [1.54, 1.807) is 6.20 Å². The Labute approximate surface area is 171 Å². The standard InChI is InChI=1S/C23H27ClN2O2/c1-26(23-17-9-14-8-15(11-17)12-18(23)10-14)22(27)7-6-21-25-13-20(28-21)16-2-4-19(24)5-3-16/h2-5,13-15,17-18,23H,6-12H2,1H3. The first-order chi connectivity index (χ1) is 13.6. The molecule has 0 saturated heterocycles. The largest absolute Gasteiger partial charge is 0.441 e. The van der Waals surface area contributed by atoms with Crippen LogP contribution in [0.2, 0.25) is 5.02 Å². The third kappa shape index (κ3) is 3.36. The molecule has 4 aliphatic carbocycles. The molecule has 4 aliphatic rings. The Balaban J connectivity index is 1.20. The fraction of sp³-hybridized carbons (Fsp3) is 0.565. The number of amides is 1. The van der Waals surface area contributed by atoms with Crippen LogP contribution in [0.1, 0.15) is 44.4 Å². The highest BCUT2D eigenvalue weighted by Crippen LogP contribution is 2.55. The van der Waals surface area contributed by atoms with Crippen molar-refractivity contribution in [1.82, 2.24) is 9.88 Å². The Morgan fingerprint density at radius 3 is 2.39 bits per heavy atom. The van der Waals surface area contributed by atoms with E-state index in [9.17, 15) is 4.79 Å². The summed E-state index contributed by atoms with van der Waals surface area (Å²) in [4.78, 5) is 19.3. The number of nitrogens with zero attached hydrogens (tertiary/aromatic N) is 2. The van der Waals surface area contributed by atoms with E-state index in [1.807, 2.05) is 31.3 Å². The predicted molar refractivity (Wildman–Crippen MR) is 109 cm³/mol. The first-order valence-electron chi connectivity index (χ1n) is 10.5. The lowest BCUT2D eigenvalue weighted by Gasteiger charge is -2.56. The van der Waals surface area contributed by atoms with Crippen LogP contribution in [0.15, 0.2) is 34.9 Å². The Kier molecular flexibility index (Phi) is 4.70. The molecule has 1 aromatic heterocycles. The van der Waals surface area contributed by atoms with Gasteiger partial charge in [0.05, 0.1) is 6.20 Å². The summed E-state index contributed by atoms with van der Waals surface area (Å²) < 4.78 is 5.85. The Bertz CT molecular complexity index is 832. The Hall–Kier alpha value is -1.81. The molecule has 4 nitrogen and oxygen atoms in total. The lowest BCUT2D eigenvalue weighted by molar-refractivity contribution is -0.141. The molecule has 28 heavy (non-hydrogen) atoms. The minimum Gasteiger partial charge on any atom is -0.441 e. The maximum Gasteiger partial charge on any atom is 0.223 e. The number of carbonyl (C=O) groups is 1. The highest BCUT2D eigenvalue weighted by Gasteiger charge is 2.50. The zero-order chi connectivity index (χ0) is 19.3. The molecule has 4 fully saturated rings. The third-order valence-corrected chi connectivity index (χ3v) is 7.50. The van der Waals surface area contributed by atoms with Crippen molar-refractivity contribution in [1.29, 1.82) is 0 Å². The molecular weight excluding hydrogens is 372 g/mol. The molecule has 0 radical (unpaired) electrons. The van der Waals surface area contributed by atoms with E-state index in [0.29, 0.717) is 35.6 Å². The van der Waals surface area contributed by atoms with Crippen molar-refractivity contribution in [2.45, 2.75) is 51.0 Å². The third-order valence-electron chi connectivity index (χ3n) is 7.25. The lowest BCUT2D eigenvalue weighted by Crippen LogP contribution is -2.56. The van der Waals surface area contributed by atoms with Crippen LogP contribution in [0, 0.1) is 23.7 Å². The molecule has 1 amide bonds. The quantitative estimate of drug-likeness (QED) is 0.694. The average molecular weight is 399 g/mol. The van der Waals surface area contributed by atoms with Gasteiger partial charge in [-0.1, -0.05) is 11.6 Å². The van der Waals surface area contributed by atoms with Crippen molar-refractivity contribution in [2.75, 3.05) is 7.05 Å². The van der Waals surface area contributed by atoms with Gasteiger partial charge in [0, 0.05) is 36.5 Å². The molecule has 0 unspecified atom stereocenters. The van der Waals surface area contributed by atoms with Gasteiger partial charge in [0.1, 0.15) is 0 Å². The number of hydrogen-bond donors (Lipinski definition) is 0. The SMILES string of the molecule is CN(C(=O)CCc1ncc(-c2ccc(Cl)cc2)o1)C1C2CC3CC(C2)CC1C3. The number of carbonyl (C=O) groups excluding carboxylic acids is 1. The molecule has 6 rings (SSSR count). The summed E-state index contributed by atoms with van der Waals surface area (Å²) in [6.07, 6.45) is 9.50. The topological polar surface area (TPSA) is 46.3 Å². The van der Waals surface area contributed by atoms with Gasteiger partial charge in [0.2, 0.25) is 5.91 Å². The highest BCUT2D eigenvalue weighted by atomic mass is 35.5. The van der Waals surface area contributed by atoms with E-state index in [4.69, 9.17) is 16.0 Å². The second kappa shape index (κ2) is 7.22. The fourth-order valence-electron chi connectivity index (χ4n) is 6.26. The number of aryl methyl sites for hydroxylation is 1. The smallest absolute Gasteiger partial charge is 0.223 e. The molecule has 1 heterocycles. The summed E-state index contributed by atoms with van der Waals surface area (Å²) in [5, 5.41) is 0.696. The summed E-state index contributed by atoms with van der Waals surface area (Å²) in [5.41, 5.74) is 0.945. The summed E-state index contributed by atoms with van der Waals surface area (Å²) in [6, 6.07) is 7.95. The summed E-state index contributed by atoms with van der Waals surface area (Å²) in [5.74, 6) is 4.88. The Morgan fingerprint density at radius 2 is 1.75 bits per heavy atom. The molecule has 0 spiro atoms. The number of hydrogen-bond acceptors (Lipinski definition) is 3. The van der Waals surface area contributed by atoms with Crippen LogP contribution < -0.4 is 0 Å². The van der Waals surface area contributed by atoms with Crippen LogP contribution in [0.3, 0.4) is 0 Å². The fourth-order valence-corrected chi connectivity index (χ4v) is 6.38. The average Bonchev–Trinajstić information content (AvgIpc) is 3.14. The van der Waals surface area contributed by atoms with Crippen LogP contribution in [0.5, 0.6) is 0 Å². The minimum absolute atomic E-state index is 0.226. The van der Waals surface area contributed by atoms with E-state index in [2.05, 4.69) is 9.88 Å². The van der Waals surface area contributed by atoms with Gasteiger partial charge in [0.15, 0.2) is 11.7 Å². The zero-order valence-electron chi connectivity index (χ0n) is 16.3. The van der Waals surface area contributed by atoms with Crippen LogP contribution >= 0.6 is 11.6 Å². The Morgan fingerprint density at radius 1 is 1.11 bits per heavy atom. The van der Waals surface area contributed by atoms with Crippen molar-refractivity contribution in [2.24, 2.45) is 23.7 Å². The second-order valence-electron chi connectivity index (χ2n) is 9.05. The second-order valence-corrected chi connectivity index (χ2v) is 9.49. The number of oxazole rings is 1. The van der Waals surface area contributed by atoms with Gasteiger partial charge in [0.25, 0.3) is 0 Å². The molecule has 0 aliphatic heterocycles. The molecule has 4 bridgehead atoms. The normalized spacial score (nSPS) is 30.6. The van der Waals surface area contributed by atoms with E-state index in [1.165, 1.54) is 32.1 Å². The number of benzene rings is 1. The lowest BCUT2D eigenvalue weighted by atomic mass is 9.54. The summed E-state index contributed by atoms with van der Waals surface area (Å²) in [7, 11) is 2.02. The van der Waals surface area contributed by atoms with Crippen molar-refractivity contribution < 1.29 is 9.21 Å². The van der Waals surface area contributed by atoms with Crippen LogP contribution in [0.4, 0.5) is 0 Å². The highest BCUT2D eigenvalue weighted by molar-refractivity contribution is 6.30. The predicted octanol–water partition coefficient (Wildman–Crippen LogP) is 5.21. The van der Waals surface area contributed by atoms with E-state index in [-0.39, 0.29) is 5.91 Å². The molecule has 4 saturated carbocycles. The van der Waals surface area contributed by atoms with Gasteiger partial charge >= 0.3 is 0 Å². The van der Waals surface area contributed by atoms with Crippen molar-refractivity contribution >= 4 is 17.5 Å². The zero-order valence-corrected chi connectivity index (χ0v) is 17.1. The van der Waals surface area contributed by atoms with E-state index in [0.717, 1.165) is 29.2 Å². The first kappa shape index (κ1) is 18.2. The maximum atomic E-state index is 12.9.